The Morgan fingerprint density at radius 2 is 2.29 bits per heavy atom. The maximum atomic E-state index is 12.2. The van der Waals surface area contributed by atoms with Gasteiger partial charge < -0.3 is 10.0 Å². The number of aliphatic hydroxyl groups is 1. The number of likely N-dealkylation sites (tertiary alicyclic amines) is 1. The predicted molar refractivity (Wildman–Crippen MR) is 71.9 cm³/mol. The molecule has 0 spiro atoms. The minimum atomic E-state index is -0.626. The summed E-state index contributed by atoms with van der Waals surface area (Å²) in [4.78, 5) is 15.6. The number of amides is 1. The minimum absolute atomic E-state index is 0.0630. The summed E-state index contributed by atoms with van der Waals surface area (Å²) in [7, 11) is 0. The summed E-state index contributed by atoms with van der Waals surface area (Å²) in [5, 5.41) is 11.8. The van der Waals surface area contributed by atoms with Gasteiger partial charge in [0.1, 0.15) is 0 Å². The number of carbonyl (C=O) groups excluding carboxylic acids is 1. The van der Waals surface area contributed by atoms with Gasteiger partial charge in [0, 0.05) is 23.4 Å². The molecule has 0 aromatic carbocycles. The van der Waals surface area contributed by atoms with Crippen LogP contribution in [0, 0.1) is 0 Å². The highest BCUT2D eigenvalue weighted by molar-refractivity contribution is 7.80. The molecule has 0 bridgehead atoms. The van der Waals surface area contributed by atoms with E-state index >= 15 is 0 Å². The Labute approximate surface area is 111 Å². The fourth-order valence-electron chi connectivity index (χ4n) is 2.06. The van der Waals surface area contributed by atoms with Gasteiger partial charge in [0.25, 0.3) is 5.91 Å². The van der Waals surface area contributed by atoms with Crippen LogP contribution in [0.3, 0.4) is 0 Å². The summed E-state index contributed by atoms with van der Waals surface area (Å²) in [5.74, 6) is 0.0630. The number of nitrogens with zero attached hydrogens (tertiary/aromatic N) is 1. The molecule has 1 unspecified atom stereocenters. The van der Waals surface area contributed by atoms with Crippen LogP contribution in [0.25, 0.3) is 0 Å². The first-order chi connectivity index (χ1) is 7.98. The molecule has 1 atom stereocenters. The maximum absolute atomic E-state index is 12.2. The van der Waals surface area contributed by atoms with Crippen molar-refractivity contribution in [2.24, 2.45) is 0 Å². The van der Waals surface area contributed by atoms with Crippen molar-refractivity contribution in [1.82, 2.24) is 4.90 Å². The predicted octanol–water partition coefficient (Wildman–Crippen LogP) is 2.41. The summed E-state index contributed by atoms with van der Waals surface area (Å²) in [6, 6.07) is 1.80. The second-order valence-corrected chi connectivity index (χ2v) is 6.24. The number of hydrogen-bond acceptors (Lipinski definition) is 4. The molecule has 1 fully saturated rings. The molecule has 0 aliphatic carbocycles. The van der Waals surface area contributed by atoms with Crippen molar-refractivity contribution >= 4 is 29.9 Å². The first-order valence-electron chi connectivity index (χ1n) is 5.77. The fraction of sp³-hybridized carbons (Fsp3) is 0.583. The average Bonchev–Trinajstić information content (AvgIpc) is 2.60. The SMILES string of the molecule is CC1(O)CCCN(C(=O)c2cc(S)cs2)CC1. The van der Waals surface area contributed by atoms with Gasteiger partial charge in [0.15, 0.2) is 0 Å². The van der Waals surface area contributed by atoms with Crippen LogP contribution in [0.1, 0.15) is 35.9 Å². The zero-order valence-electron chi connectivity index (χ0n) is 9.85. The van der Waals surface area contributed by atoms with Gasteiger partial charge in [-0.3, -0.25) is 4.79 Å². The van der Waals surface area contributed by atoms with Crippen molar-refractivity contribution in [3.05, 3.63) is 16.3 Å². The smallest absolute Gasteiger partial charge is 0.263 e. The van der Waals surface area contributed by atoms with Crippen LogP contribution in [0.4, 0.5) is 0 Å². The Morgan fingerprint density at radius 3 is 2.94 bits per heavy atom. The van der Waals surface area contributed by atoms with Gasteiger partial charge >= 0.3 is 0 Å². The van der Waals surface area contributed by atoms with Crippen LogP contribution in [0.2, 0.25) is 0 Å². The third-order valence-electron chi connectivity index (χ3n) is 3.15. The Balaban J connectivity index is 2.05. The number of thiol groups is 1. The molecule has 5 heteroatoms. The summed E-state index contributed by atoms with van der Waals surface area (Å²) < 4.78 is 0. The van der Waals surface area contributed by atoms with Crippen LogP contribution in [-0.4, -0.2) is 34.6 Å². The summed E-state index contributed by atoms with van der Waals surface area (Å²) in [6.07, 6.45) is 2.27. The third-order valence-corrected chi connectivity index (χ3v) is 4.50. The van der Waals surface area contributed by atoms with Crippen LogP contribution in [-0.2, 0) is 0 Å². The van der Waals surface area contributed by atoms with Gasteiger partial charge in [-0.2, -0.15) is 0 Å². The van der Waals surface area contributed by atoms with Gasteiger partial charge in [-0.1, -0.05) is 0 Å². The maximum Gasteiger partial charge on any atom is 0.263 e. The van der Waals surface area contributed by atoms with E-state index in [1.165, 1.54) is 11.3 Å². The molecular formula is C12H17NO2S2. The van der Waals surface area contributed by atoms with E-state index in [0.29, 0.717) is 13.0 Å². The summed E-state index contributed by atoms with van der Waals surface area (Å²) >= 11 is 5.64. The Kier molecular flexibility index (Phi) is 3.80. The summed E-state index contributed by atoms with van der Waals surface area (Å²) in [5.41, 5.74) is -0.626. The molecule has 0 saturated carbocycles. The fourth-order valence-corrected chi connectivity index (χ4v) is 3.18. The Morgan fingerprint density at radius 1 is 1.53 bits per heavy atom. The highest BCUT2D eigenvalue weighted by atomic mass is 32.1. The number of carbonyl (C=O) groups is 1. The third kappa shape index (κ3) is 3.24. The highest BCUT2D eigenvalue weighted by Crippen LogP contribution is 2.24. The van der Waals surface area contributed by atoms with Crippen molar-refractivity contribution < 1.29 is 9.90 Å². The summed E-state index contributed by atoms with van der Waals surface area (Å²) in [6.45, 7) is 3.21. The second-order valence-electron chi connectivity index (χ2n) is 4.81. The topological polar surface area (TPSA) is 40.5 Å². The first-order valence-corrected chi connectivity index (χ1v) is 7.10. The van der Waals surface area contributed by atoms with Crippen molar-refractivity contribution in [3.8, 4) is 0 Å². The molecule has 0 radical (unpaired) electrons. The van der Waals surface area contributed by atoms with Gasteiger partial charge in [0.05, 0.1) is 10.5 Å². The second kappa shape index (κ2) is 5.00. The number of rotatable bonds is 1. The molecule has 1 aromatic rings. The van der Waals surface area contributed by atoms with Crippen LogP contribution >= 0.6 is 24.0 Å². The molecule has 1 aliphatic rings. The standard InChI is InChI=1S/C12H17NO2S2/c1-12(15)3-2-5-13(6-4-12)11(14)10-7-9(16)8-17-10/h7-8,15-16H,2-6H2,1H3. The molecule has 2 rings (SSSR count). The van der Waals surface area contributed by atoms with E-state index in [-0.39, 0.29) is 5.91 Å². The number of hydrogen-bond donors (Lipinski definition) is 2. The molecular weight excluding hydrogens is 254 g/mol. The molecule has 1 aliphatic heterocycles. The zero-order chi connectivity index (χ0) is 12.5. The Hall–Kier alpha value is -0.520. The van der Waals surface area contributed by atoms with Crippen LogP contribution in [0.15, 0.2) is 16.3 Å². The van der Waals surface area contributed by atoms with Gasteiger partial charge in [-0.05, 0) is 32.3 Å². The minimum Gasteiger partial charge on any atom is -0.390 e. The van der Waals surface area contributed by atoms with E-state index in [4.69, 9.17) is 0 Å². The average molecular weight is 271 g/mol. The Bertz CT molecular complexity index is 414. The van der Waals surface area contributed by atoms with Gasteiger partial charge in [-0.15, -0.1) is 24.0 Å². The van der Waals surface area contributed by atoms with E-state index in [1.807, 2.05) is 17.2 Å². The van der Waals surface area contributed by atoms with Gasteiger partial charge in [-0.25, -0.2) is 0 Å². The number of thiophene rings is 1. The lowest BCUT2D eigenvalue weighted by molar-refractivity contribution is 0.0438. The zero-order valence-corrected chi connectivity index (χ0v) is 11.6. The van der Waals surface area contributed by atoms with E-state index in [1.54, 1.807) is 6.07 Å². The van der Waals surface area contributed by atoms with E-state index in [0.717, 1.165) is 29.2 Å². The molecule has 17 heavy (non-hydrogen) atoms. The van der Waals surface area contributed by atoms with Crippen molar-refractivity contribution in [2.45, 2.75) is 36.7 Å². The molecule has 3 nitrogen and oxygen atoms in total. The van der Waals surface area contributed by atoms with E-state index in [9.17, 15) is 9.90 Å². The largest absolute Gasteiger partial charge is 0.390 e. The van der Waals surface area contributed by atoms with Crippen LogP contribution < -0.4 is 0 Å². The quantitative estimate of drug-likeness (QED) is 0.770. The van der Waals surface area contributed by atoms with Crippen molar-refractivity contribution in [2.75, 3.05) is 13.1 Å². The van der Waals surface area contributed by atoms with Gasteiger partial charge in [0.2, 0.25) is 0 Å². The van der Waals surface area contributed by atoms with E-state index in [2.05, 4.69) is 12.6 Å². The van der Waals surface area contributed by atoms with Crippen molar-refractivity contribution in [1.29, 1.82) is 0 Å². The normalized spacial score (nSPS) is 25.7. The first kappa shape index (κ1) is 12.9. The molecule has 1 aromatic heterocycles. The highest BCUT2D eigenvalue weighted by Gasteiger charge is 2.27. The molecule has 1 amide bonds. The molecule has 1 N–H and O–H groups in total. The van der Waals surface area contributed by atoms with E-state index < -0.39 is 5.60 Å². The molecule has 2 heterocycles. The molecule has 1 saturated heterocycles. The lowest BCUT2D eigenvalue weighted by Crippen LogP contribution is -2.33. The lowest BCUT2D eigenvalue weighted by Gasteiger charge is -2.22. The van der Waals surface area contributed by atoms with Crippen molar-refractivity contribution in [3.63, 3.8) is 0 Å². The lowest BCUT2D eigenvalue weighted by atomic mass is 9.98. The van der Waals surface area contributed by atoms with Crippen LogP contribution in [0.5, 0.6) is 0 Å². The monoisotopic (exact) mass is 271 g/mol. The molecule has 94 valence electrons.